The van der Waals surface area contributed by atoms with E-state index in [1.54, 1.807) is 0 Å². The molecule has 1 aliphatic heterocycles. The maximum Gasteiger partial charge on any atom is 0.111 e. The van der Waals surface area contributed by atoms with Crippen LogP contribution in [0.2, 0.25) is 0 Å². The first kappa shape index (κ1) is 15.5. The van der Waals surface area contributed by atoms with Crippen LogP contribution in [0.3, 0.4) is 0 Å². The largest absolute Gasteiger partial charge is 0.379 e. The van der Waals surface area contributed by atoms with Crippen LogP contribution >= 0.6 is 34.2 Å². The van der Waals surface area contributed by atoms with E-state index in [0.717, 1.165) is 57.2 Å². The minimum Gasteiger partial charge on any atom is -0.379 e. The fourth-order valence-electron chi connectivity index (χ4n) is 2.74. The summed E-state index contributed by atoms with van der Waals surface area (Å²) in [7, 11) is 0. The first-order valence-electron chi connectivity index (χ1n) is 7.28. The number of imidazole rings is 1. The van der Waals surface area contributed by atoms with Crippen molar-refractivity contribution in [2.24, 2.45) is 0 Å². The SMILES string of the molecule is ClCCc1nc2cc(I)ccc2n1CCN1CCOCC1. The van der Waals surface area contributed by atoms with Crippen LogP contribution in [0.4, 0.5) is 0 Å². The van der Waals surface area contributed by atoms with Crippen molar-refractivity contribution in [2.75, 3.05) is 38.7 Å². The number of hydrogen-bond donors (Lipinski definition) is 0. The highest BCUT2D eigenvalue weighted by atomic mass is 127. The van der Waals surface area contributed by atoms with Crippen molar-refractivity contribution in [3.8, 4) is 0 Å². The summed E-state index contributed by atoms with van der Waals surface area (Å²) >= 11 is 8.26. The Morgan fingerprint density at radius 2 is 2.05 bits per heavy atom. The van der Waals surface area contributed by atoms with Gasteiger partial charge in [-0.1, -0.05) is 0 Å². The lowest BCUT2D eigenvalue weighted by Crippen LogP contribution is -2.38. The van der Waals surface area contributed by atoms with E-state index in [-0.39, 0.29) is 0 Å². The monoisotopic (exact) mass is 419 g/mol. The van der Waals surface area contributed by atoms with E-state index in [2.05, 4.69) is 50.3 Å². The Hall–Kier alpha value is -0.370. The average Bonchev–Trinajstić information content (AvgIpc) is 2.83. The number of halogens is 2. The first-order chi connectivity index (χ1) is 10.3. The number of nitrogens with zero attached hydrogens (tertiary/aromatic N) is 3. The third kappa shape index (κ3) is 3.70. The quantitative estimate of drug-likeness (QED) is 0.551. The molecule has 0 unspecified atom stereocenters. The predicted molar refractivity (Wildman–Crippen MR) is 94.1 cm³/mol. The van der Waals surface area contributed by atoms with E-state index in [9.17, 15) is 0 Å². The fourth-order valence-corrected chi connectivity index (χ4v) is 3.39. The summed E-state index contributed by atoms with van der Waals surface area (Å²) in [6, 6.07) is 6.44. The zero-order chi connectivity index (χ0) is 14.7. The number of benzene rings is 1. The van der Waals surface area contributed by atoms with Crippen LogP contribution in [0.1, 0.15) is 5.82 Å². The van der Waals surface area contributed by atoms with Crippen molar-refractivity contribution in [3.63, 3.8) is 0 Å². The summed E-state index contributed by atoms with van der Waals surface area (Å²) in [6.07, 6.45) is 0.815. The molecule has 0 aliphatic carbocycles. The molecule has 0 amide bonds. The summed E-state index contributed by atoms with van der Waals surface area (Å²) in [4.78, 5) is 7.21. The Morgan fingerprint density at radius 1 is 1.24 bits per heavy atom. The highest BCUT2D eigenvalue weighted by Crippen LogP contribution is 2.20. The van der Waals surface area contributed by atoms with E-state index in [0.29, 0.717) is 5.88 Å². The number of alkyl halides is 1. The smallest absolute Gasteiger partial charge is 0.111 e. The van der Waals surface area contributed by atoms with Gasteiger partial charge in [-0.25, -0.2) is 4.98 Å². The van der Waals surface area contributed by atoms with Crippen molar-refractivity contribution in [2.45, 2.75) is 13.0 Å². The lowest BCUT2D eigenvalue weighted by molar-refractivity contribution is 0.0364. The number of hydrogen-bond acceptors (Lipinski definition) is 3. The molecule has 0 radical (unpaired) electrons. The summed E-state index contributed by atoms with van der Waals surface area (Å²) in [5.41, 5.74) is 2.28. The van der Waals surface area contributed by atoms with Crippen LogP contribution in [0.5, 0.6) is 0 Å². The fraction of sp³-hybridized carbons (Fsp3) is 0.533. The zero-order valence-electron chi connectivity index (χ0n) is 11.9. The Morgan fingerprint density at radius 3 is 2.81 bits per heavy atom. The van der Waals surface area contributed by atoms with Gasteiger partial charge in [-0.3, -0.25) is 4.90 Å². The minimum atomic E-state index is 0.609. The van der Waals surface area contributed by atoms with Crippen molar-refractivity contribution >= 4 is 45.2 Å². The number of morpholine rings is 1. The van der Waals surface area contributed by atoms with Gasteiger partial charge in [0.15, 0.2) is 0 Å². The molecule has 0 bridgehead atoms. The van der Waals surface area contributed by atoms with Crippen LogP contribution < -0.4 is 0 Å². The Bertz CT molecular complexity index is 610. The zero-order valence-corrected chi connectivity index (χ0v) is 14.8. The summed E-state index contributed by atoms with van der Waals surface area (Å²) < 4.78 is 8.94. The van der Waals surface area contributed by atoms with Crippen LogP contribution in [0.25, 0.3) is 11.0 Å². The van der Waals surface area contributed by atoms with E-state index in [1.165, 1.54) is 9.09 Å². The molecule has 0 saturated carbocycles. The van der Waals surface area contributed by atoms with E-state index in [4.69, 9.17) is 21.3 Å². The lowest BCUT2D eigenvalue weighted by Gasteiger charge is -2.27. The molecule has 1 saturated heterocycles. The number of rotatable bonds is 5. The van der Waals surface area contributed by atoms with Crippen LogP contribution in [0, 0.1) is 3.57 Å². The molecular weight excluding hydrogens is 401 g/mol. The van der Waals surface area contributed by atoms with Gasteiger partial charge in [0.2, 0.25) is 0 Å². The van der Waals surface area contributed by atoms with Gasteiger partial charge in [-0.2, -0.15) is 0 Å². The molecule has 1 aromatic heterocycles. The molecule has 3 rings (SSSR count). The third-order valence-electron chi connectivity index (χ3n) is 3.85. The maximum atomic E-state index is 5.93. The predicted octanol–water partition coefficient (Wildman–Crippen LogP) is 2.75. The van der Waals surface area contributed by atoms with Gasteiger partial charge in [0.25, 0.3) is 0 Å². The minimum absolute atomic E-state index is 0.609. The van der Waals surface area contributed by atoms with E-state index < -0.39 is 0 Å². The molecule has 4 nitrogen and oxygen atoms in total. The van der Waals surface area contributed by atoms with Crippen molar-refractivity contribution in [1.29, 1.82) is 0 Å². The number of aryl methyl sites for hydroxylation is 1. The highest BCUT2D eigenvalue weighted by molar-refractivity contribution is 14.1. The Labute approximate surface area is 143 Å². The molecule has 0 spiro atoms. The van der Waals surface area contributed by atoms with E-state index >= 15 is 0 Å². The summed E-state index contributed by atoms with van der Waals surface area (Å²) in [6.45, 7) is 5.74. The van der Waals surface area contributed by atoms with Crippen LogP contribution in [-0.2, 0) is 17.7 Å². The first-order valence-corrected chi connectivity index (χ1v) is 8.90. The standard InChI is InChI=1S/C15H19ClIN3O/c16-4-3-15-18-13-11-12(17)1-2-14(13)20(15)6-5-19-7-9-21-10-8-19/h1-2,11H,3-10H2. The summed E-state index contributed by atoms with van der Waals surface area (Å²) in [5.74, 6) is 1.70. The topological polar surface area (TPSA) is 30.3 Å². The number of aromatic nitrogens is 2. The van der Waals surface area contributed by atoms with Crippen LogP contribution in [-0.4, -0.2) is 53.2 Å². The highest BCUT2D eigenvalue weighted by Gasteiger charge is 2.14. The molecule has 2 heterocycles. The average molecular weight is 420 g/mol. The number of ether oxygens (including phenoxy) is 1. The van der Waals surface area contributed by atoms with Crippen molar-refractivity contribution in [3.05, 3.63) is 27.6 Å². The van der Waals surface area contributed by atoms with Gasteiger partial charge in [0.1, 0.15) is 5.82 Å². The van der Waals surface area contributed by atoms with Gasteiger partial charge in [-0.05, 0) is 40.8 Å². The number of fused-ring (bicyclic) bond motifs is 1. The second-order valence-corrected chi connectivity index (χ2v) is 6.83. The molecule has 1 fully saturated rings. The second kappa shape index (κ2) is 7.26. The van der Waals surface area contributed by atoms with Gasteiger partial charge in [0.05, 0.1) is 24.2 Å². The molecule has 114 valence electrons. The van der Waals surface area contributed by atoms with Crippen molar-refractivity contribution in [1.82, 2.24) is 14.5 Å². The molecule has 0 atom stereocenters. The molecule has 0 N–H and O–H groups in total. The van der Waals surface area contributed by atoms with Gasteiger partial charge >= 0.3 is 0 Å². The molecule has 2 aromatic rings. The third-order valence-corrected chi connectivity index (χ3v) is 4.71. The Balaban J connectivity index is 1.82. The van der Waals surface area contributed by atoms with E-state index in [1.807, 2.05) is 0 Å². The summed E-state index contributed by atoms with van der Waals surface area (Å²) in [5, 5.41) is 0. The molecule has 1 aliphatic rings. The maximum absolute atomic E-state index is 5.93. The van der Waals surface area contributed by atoms with Crippen LogP contribution in [0.15, 0.2) is 18.2 Å². The lowest BCUT2D eigenvalue weighted by atomic mass is 10.3. The normalized spacial score (nSPS) is 16.7. The van der Waals surface area contributed by atoms with Crippen molar-refractivity contribution < 1.29 is 4.74 Å². The second-order valence-electron chi connectivity index (χ2n) is 5.21. The molecular formula is C15H19ClIN3O. The van der Waals surface area contributed by atoms with Gasteiger partial charge < -0.3 is 9.30 Å². The molecule has 21 heavy (non-hydrogen) atoms. The molecule has 6 heteroatoms. The Kier molecular flexibility index (Phi) is 5.37. The van der Waals surface area contributed by atoms with Gasteiger partial charge in [0, 0.05) is 42.1 Å². The van der Waals surface area contributed by atoms with Gasteiger partial charge in [-0.15, -0.1) is 11.6 Å². The molecule has 1 aromatic carbocycles.